The number of aryl methyl sites for hydroxylation is 2. The third kappa shape index (κ3) is 10.5. The molecule has 6 aromatic rings. The third-order valence-corrected chi connectivity index (χ3v) is 7.01. The Bertz CT molecular complexity index is 1790. The van der Waals surface area contributed by atoms with Crippen molar-refractivity contribution in [2.75, 3.05) is 0 Å². The Morgan fingerprint density at radius 2 is 1.43 bits per heavy atom. The van der Waals surface area contributed by atoms with Gasteiger partial charge in [-0.15, -0.1) is 77.2 Å². The Balaban J connectivity index is 0.000000156. The number of nitrogens with one attached hydrogen (secondary N) is 1. The molecule has 0 spiro atoms. The fraction of sp³-hybridized carbons (Fsp3) is 0.0976. The largest absolute Gasteiger partial charge is 0.675 e. The van der Waals surface area contributed by atoms with Gasteiger partial charge in [-0.2, -0.15) is 6.20 Å². The maximum atomic E-state index is 4.48. The number of hydrogen-bond acceptors (Lipinski definition) is 3. The van der Waals surface area contributed by atoms with Crippen molar-refractivity contribution in [3.05, 3.63) is 193 Å². The number of pyridine rings is 2. The molecule has 0 fully saturated rings. The number of nitrogens with zero attached hydrogens (tertiary/aromatic N) is 3. The zero-order chi connectivity index (χ0) is 31.1. The summed E-state index contributed by atoms with van der Waals surface area (Å²) in [5.74, 6) is 0. The number of fused-ring (bicyclic) bond motifs is 1. The second-order valence-corrected chi connectivity index (χ2v) is 10.5. The van der Waals surface area contributed by atoms with Gasteiger partial charge in [0.15, 0.2) is 0 Å². The fourth-order valence-corrected chi connectivity index (χ4v) is 4.59. The molecule has 2 aromatic heterocycles. The second-order valence-electron chi connectivity index (χ2n) is 10.5. The monoisotopic (exact) mass is 777 g/mol. The van der Waals surface area contributed by atoms with Crippen LogP contribution in [0.4, 0.5) is 0 Å². The predicted octanol–water partition coefficient (Wildman–Crippen LogP) is 9.63. The summed E-state index contributed by atoms with van der Waals surface area (Å²) < 4.78 is 0. The van der Waals surface area contributed by atoms with Crippen molar-refractivity contribution in [2.45, 2.75) is 26.4 Å². The van der Waals surface area contributed by atoms with Gasteiger partial charge in [0.1, 0.15) is 0 Å². The summed E-state index contributed by atoms with van der Waals surface area (Å²) in [6.07, 6.45) is 12.4. The van der Waals surface area contributed by atoms with Gasteiger partial charge in [0.25, 0.3) is 0 Å². The van der Waals surface area contributed by atoms with Crippen LogP contribution in [0.1, 0.15) is 16.7 Å². The Morgan fingerprint density at radius 3 is 2.11 bits per heavy atom. The van der Waals surface area contributed by atoms with Crippen LogP contribution in [-0.2, 0) is 26.5 Å². The molecule has 1 atom stereocenters. The molecule has 0 bridgehead atoms. The summed E-state index contributed by atoms with van der Waals surface area (Å²) in [7, 11) is 0. The van der Waals surface area contributed by atoms with Crippen molar-refractivity contribution in [3.63, 3.8) is 0 Å². The van der Waals surface area contributed by atoms with E-state index in [-0.39, 0.29) is 26.3 Å². The molecule has 4 aromatic carbocycles. The van der Waals surface area contributed by atoms with Gasteiger partial charge in [0.2, 0.25) is 0 Å². The average Bonchev–Trinajstić information content (AvgIpc) is 3.11. The van der Waals surface area contributed by atoms with Gasteiger partial charge in [-0.1, -0.05) is 111 Å². The molecular formula is C41H36IrN4-4. The standard InChI is InChI=1S/C16H12N.C13H14N2.C12H10N.Ir/c1-12-6-8-14(9-7-12)16-15-5-3-2-4-13(15)10-11-17-16;1-2-6-12(7-3-1)9-11-15-13-8-4-5-10-14-13;1-10-5-7-11(8-6-10)12-4-2-3-9-13-12;/h2-8,10-11H,1H3;1-8,10-11,13,15H,9H2;2-7,9H,1H3;/q-1;-2;-1;. The molecule has 0 saturated heterocycles. The summed E-state index contributed by atoms with van der Waals surface area (Å²) in [5.41, 5.74) is 7.82. The SMILES string of the molecule is C1=C[N-]C(N[CH-]Cc2ccccc2)C=C1.Cc1c[c-]c(-c2ccccn2)cc1.Cc1c[c-]c(-c2nccc3ccccc23)cc1.[Ir]. The first-order valence-corrected chi connectivity index (χ1v) is 15.0. The van der Waals surface area contributed by atoms with E-state index in [2.05, 4.69) is 101 Å². The molecule has 5 heteroatoms. The molecule has 0 aliphatic carbocycles. The van der Waals surface area contributed by atoms with Crippen LogP contribution in [0.3, 0.4) is 0 Å². The molecule has 4 nitrogen and oxygen atoms in total. The van der Waals surface area contributed by atoms with E-state index in [1.165, 1.54) is 27.5 Å². The zero-order valence-corrected chi connectivity index (χ0v) is 28.4. The number of aromatic nitrogens is 2. The molecule has 233 valence electrons. The van der Waals surface area contributed by atoms with Gasteiger partial charge in [-0.25, -0.2) is 0 Å². The first-order chi connectivity index (χ1) is 22.2. The predicted molar refractivity (Wildman–Crippen MR) is 187 cm³/mol. The van der Waals surface area contributed by atoms with E-state index in [0.717, 1.165) is 28.9 Å². The van der Waals surface area contributed by atoms with Crippen LogP contribution in [-0.4, -0.2) is 16.1 Å². The average molecular weight is 777 g/mol. The molecule has 1 unspecified atom stereocenters. The normalized spacial score (nSPS) is 12.9. The first-order valence-electron chi connectivity index (χ1n) is 15.0. The first kappa shape index (κ1) is 34.2. The maximum Gasteiger partial charge on any atom is 0.0167 e. The minimum absolute atomic E-state index is 0. The minimum atomic E-state index is 0. The summed E-state index contributed by atoms with van der Waals surface area (Å²) in [5, 5.41) is 9.88. The summed E-state index contributed by atoms with van der Waals surface area (Å²) in [6.45, 7) is 6.17. The Morgan fingerprint density at radius 1 is 0.717 bits per heavy atom. The second kappa shape index (κ2) is 18.3. The van der Waals surface area contributed by atoms with E-state index in [4.69, 9.17) is 0 Å². The van der Waals surface area contributed by atoms with Crippen LogP contribution < -0.4 is 5.32 Å². The molecule has 7 rings (SSSR count). The quantitative estimate of drug-likeness (QED) is 0.172. The smallest absolute Gasteiger partial charge is 0.0167 e. The Hall–Kier alpha value is -4.67. The molecule has 0 saturated carbocycles. The van der Waals surface area contributed by atoms with E-state index in [9.17, 15) is 0 Å². The van der Waals surface area contributed by atoms with Crippen LogP contribution >= 0.6 is 0 Å². The van der Waals surface area contributed by atoms with Gasteiger partial charge < -0.3 is 20.6 Å². The summed E-state index contributed by atoms with van der Waals surface area (Å²) >= 11 is 0. The Kier molecular flexibility index (Phi) is 13.6. The van der Waals surface area contributed by atoms with E-state index < -0.39 is 0 Å². The molecular weight excluding hydrogens is 741 g/mol. The van der Waals surface area contributed by atoms with Crippen molar-refractivity contribution in [1.29, 1.82) is 0 Å². The van der Waals surface area contributed by atoms with E-state index >= 15 is 0 Å². The molecule has 1 radical (unpaired) electrons. The van der Waals surface area contributed by atoms with Crippen molar-refractivity contribution in [1.82, 2.24) is 15.3 Å². The van der Waals surface area contributed by atoms with Crippen molar-refractivity contribution < 1.29 is 20.1 Å². The van der Waals surface area contributed by atoms with Crippen LogP contribution in [0.2, 0.25) is 0 Å². The molecule has 3 heterocycles. The van der Waals surface area contributed by atoms with Gasteiger partial charge in [0.05, 0.1) is 0 Å². The van der Waals surface area contributed by atoms with Crippen LogP contribution in [0.15, 0.2) is 152 Å². The van der Waals surface area contributed by atoms with E-state index in [1.807, 2.05) is 97.8 Å². The van der Waals surface area contributed by atoms with Crippen molar-refractivity contribution in [3.8, 4) is 22.5 Å². The number of rotatable bonds is 6. The molecule has 1 aliphatic rings. The number of allylic oxidation sites excluding steroid dienone is 2. The minimum Gasteiger partial charge on any atom is -0.675 e. The fourth-order valence-electron chi connectivity index (χ4n) is 4.59. The third-order valence-electron chi connectivity index (χ3n) is 7.01. The molecule has 1 N–H and O–H groups in total. The molecule has 46 heavy (non-hydrogen) atoms. The van der Waals surface area contributed by atoms with E-state index in [0.29, 0.717) is 0 Å². The van der Waals surface area contributed by atoms with Crippen molar-refractivity contribution >= 4 is 10.8 Å². The van der Waals surface area contributed by atoms with Crippen LogP contribution in [0, 0.1) is 32.5 Å². The number of hydrogen-bond donors (Lipinski definition) is 1. The Labute approximate surface area is 286 Å². The van der Waals surface area contributed by atoms with Crippen LogP contribution in [0.25, 0.3) is 38.6 Å². The van der Waals surface area contributed by atoms with Crippen molar-refractivity contribution in [2.24, 2.45) is 0 Å². The van der Waals surface area contributed by atoms with E-state index in [1.54, 1.807) is 6.20 Å². The maximum absolute atomic E-state index is 4.48. The van der Waals surface area contributed by atoms with Gasteiger partial charge in [0, 0.05) is 32.5 Å². The molecule has 0 amide bonds. The zero-order valence-electron chi connectivity index (χ0n) is 26.0. The summed E-state index contributed by atoms with van der Waals surface area (Å²) in [6, 6.07) is 45.3. The van der Waals surface area contributed by atoms with Crippen LogP contribution in [0.5, 0.6) is 0 Å². The molecule has 1 aliphatic heterocycles. The van der Waals surface area contributed by atoms with Gasteiger partial charge in [-0.3, -0.25) is 6.54 Å². The van der Waals surface area contributed by atoms with Gasteiger partial charge in [-0.05, 0) is 34.3 Å². The van der Waals surface area contributed by atoms with Gasteiger partial charge >= 0.3 is 0 Å². The number of benzene rings is 4. The topological polar surface area (TPSA) is 51.9 Å². The summed E-state index contributed by atoms with van der Waals surface area (Å²) in [4.78, 5) is 8.72.